The molecule has 7 nitrogen and oxygen atoms in total. The third-order valence-corrected chi connectivity index (χ3v) is 5.21. The van der Waals surface area contributed by atoms with E-state index in [1.165, 1.54) is 6.07 Å². The molecule has 0 bridgehead atoms. The molecule has 1 aliphatic rings. The minimum Gasteiger partial charge on any atom is -0.353 e. The molecule has 2 amide bonds. The van der Waals surface area contributed by atoms with Crippen LogP contribution in [0.2, 0.25) is 10.0 Å². The van der Waals surface area contributed by atoms with E-state index in [2.05, 4.69) is 20.6 Å². The Hall–Kier alpha value is -2.03. The van der Waals surface area contributed by atoms with Gasteiger partial charge in [-0.1, -0.05) is 35.0 Å². The summed E-state index contributed by atoms with van der Waals surface area (Å²) < 4.78 is 0. The highest BCUT2D eigenvalue weighted by Crippen LogP contribution is 2.25. The molecule has 1 heterocycles. The van der Waals surface area contributed by atoms with Crippen LogP contribution < -0.4 is 16.2 Å². The molecule has 1 aliphatic carbocycles. The fourth-order valence-electron chi connectivity index (χ4n) is 2.22. The first-order valence-electron chi connectivity index (χ1n) is 8.16. The molecule has 2 aromatic rings. The molecule has 3 rings (SSSR count). The average molecular weight is 427 g/mol. The molecular weight excluding hydrogens is 411 g/mol. The third-order valence-electron chi connectivity index (χ3n) is 3.60. The molecule has 0 radical (unpaired) electrons. The minimum absolute atomic E-state index is 0.0287. The van der Waals surface area contributed by atoms with Gasteiger partial charge in [0, 0.05) is 17.8 Å². The van der Waals surface area contributed by atoms with E-state index >= 15 is 0 Å². The van der Waals surface area contributed by atoms with Crippen LogP contribution in [0.1, 0.15) is 18.5 Å². The van der Waals surface area contributed by atoms with E-state index in [0.29, 0.717) is 21.4 Å². The van der Waals surface area contributed by atoms with E-state index in [-0.39, 0.29) is 40.7 Å². The van der Waals surface area contributed by atoms with Crippen LogP contribution in [0.4, 0.5) is 5.69 Å². The van der Waals surface area contributed by atoms with Crippen LogP contribution in [0.25, 0.3) is 0 Å². The lowest BCUT2D eigenvalue weighted by Gasteiger charge is -2.07. The number of nitrogens with one attached hydrogen (secondary N) is 3. The zero-order chi connectivity index (χ0) is 19.4. The Morgan fingerprint density at radius 1 is 1.19 bits per heavy atom. The molecule has 1 aromatic carbocycles. The van der Waals surface area contributed by atoms with Crippen LogP contribution in [0, 0.1) is 0 Å². The lowest BCUT2D eigenvalue weighted by Crippen LogP contribution is -2.28. The standard InChI is InChI=1S/C17H16Cl2N4O3S/c18-12-4-3-10(5-13(12)19)21-16(26)8-27-17-22-11(7-15(25)23-17)6-14(24)20-9-1-2-9/h3-5,7,9H,1-2,6,8H2,(H,20,24)(H,21,26)(H,22,23,25). The summed E-state index contributed by atoms with van der Waals surface area (Å²) in [7, 11) is 0. The number of carbonyl (C=O) groups is 2. The number of H-pyrrole nitrogens is 1. The van der Waals surface area contributed by atoms with E-state index in [9.17, 15) is 14.4 Å². The predicted octanol–water partition coefficient (Wildman–Crippen LogP) is 2.63. The molecule has 142 valence electrons. The predicted molar refractivity (Wildman–Crippen MR) is 106 cm³/mol. The zero-order valence-electron chi connectivity index (χ0n) is 14.1. The van der Waals surface area contributed by atoms with E-state index < -0.39 is 0 Å². The molecule has 0 atom stereocenters. The normalized spacial score (nSPS) is 13.3. The number of thioether (sulfide) groups is 1. The molecule has 10 heteroatoms. The van der Waals surface area contributed by atoms with Gasteiger partial charge in [0.05, 0.1) is 27.9 Å². The van der Waals surface area contributed by atoms with Gasteiger partial charge in [0.25, 0.3) is 5.56 Å². The Kier molecular flexibility index (Phi) is 6.41. The van der Waals surface area contributed by atoms with Crippen molar-refractivity contribution in [3.8, 4) is 0 Å². The summed E-state index contributed by atoms with van der Waals surface area (Å²) in [5.41, 5.74) is 0.512. The Bertz CT molecular complexity index is 931. The summed E-state index contributed by atoms with van der Waals surface area (Å²) in [5.74, 6) is -0.428. The molecule has 1 aromatic heterocycles. The first-order valence-corrected chi connectivity index (χ1v) is 9.90. The van der Waals surface area contributed by atoms with Crippen LogP contribution >= 0.6 is 35.0 Å². The van der Waals surface area contributed by atoms with Crippen molar-refractivity contribution in [1.82, 2.24) is 15.3 Å². The van der Waals surface area contributed by atoms with E-state index in [1.807, 2.05) is 0 Å². The van der Waals surface area contributed by atoms with Crippen molar-refractivity contribution in [1.29, 1.82) is 0 Å². The van der Waals surface area contributed by atoms with Gasteiger partial charge >= 0.3 is 0 Å². The number of aromatic nitrogens is 2. The number of halogens is 2. The van der Waals surface area contributed by atoms with Crippen molar-refractivity contribution in [3.05, 3.63) is 50.4 Å². The molecular formula is C17H16Cl2N4O3S. The molecule has 0 saturated heterocycles. The third kappa shape index (κ3) is 6.27. The number of rotatable bonds is 7. The number of hydrogen-bond donors (Lipinski definition) is 3. The Morgan fingerprint density at radius 2 is 1.96 bits per heavy atom. The van der Waals surface area contributed by atoms with Crippen LogP contribution in [0.3, 0.4) is 0 Å². The Labute approximate surface area is 169 Å². The summed E-state index contributed by atoms with van der Waals surface area (Å²) in [6, 6.07) is 6.30. The van der Waals surface area contributed by atoms with Crippen molar-refractivity contribution in [2.24, 2.45) is 0 Å². The number of hydrogen-bond acceptors (Lipinski definition) is 5. The molecule has 1 fully saturated rings. The summed E-state index contributed by atoms with van der Waals surface area (Å²) >= 11 is 12.8. The Balaban J connectivity index is 1.56. The lowest BCUT2D eigenvalue weighted by molar-refractivity contribution is -0.120. The summed E-state index contributed by atoms with van der Waals surface area (Å²) in [6.07, 6.45) is 2.01. The summed E-state index contributed by atoms with van der Waals surface area (Å²) in [5, 5.41) is 6.54. The highest BCUT2D eigenvalue weighted by atomic mass is 35.5. The molecule has 27 heavy (non-hydrogen) atoms. The summed E-state index contributed by atoms with van der Waals surface area (Å²) in [4.78, 5) is 42.5. The molecule has 0 unspecified atom stereocenters. The fraction of sp³-hybridized carbons (Fsp3) is 0.294. The monoisotopic (exact) mass is 426 g/mol. The molecule has 0 aliphatic heterocycles. The van der Waals surface area contributed by atoms with E-state index in [4.69, 9.17) is 23.2 Å². The number of nitrogens with zero attached hydrogens (tertiary/aromatic N) is 1. The average Bonchev–Trinajstić information content (AvgIpc) is 3.39. The van der Waals surface area contributed by atoms with Gasteiger partial charge in [-0.15, -0.1) is 0 Å². The van der Waals surface area contributed by atoms with Gasteiger partial charge < -0.3 is 15.6 Å². The second-order valence-corrected chi connectivity index (χ2v) is 7.80. The maximum atomic E-state index is 12.1. The van der Waals surface area contributed by atoms with Crippen LogP contribution in [-0.2, 0) is 16.0 Å². The highest BCUT2D eigenvalue weighted by molar-refractivity contribution is 7.99. The van der Waals surface area contributed by atoms with Gasteiger partial charge in [0.15, 0.2) is 5.16 Å². The van der Waals surface area contributed by atoms with Gasteiger partial charge in [-0.3, -0.25) is 14.4 Å². The number of aromatic amines is 1. The quantitative estimate of drug-likeness (QED) is 0.466. The SMILES string of the molecule is O=C(CSc1nc(CC(=O)NC2CC2)cc(=O)[nH]1)Nc1ccc(Cl)c(Cl)c1. The van der Waals surface area contributed by atoms with E-state index in [1.54, 1.807) is 18.2 Å². The molecule has 0 spiro atoms. The Morgan fingerprint density at radius 3 is 2.67 bits per heavy atom. The maximum absolute atomic E-state index is 12.1. The zero-order valence-corrected chi connectivity index (χ0v) is 16.4. The van der Waals surface area contributed by atoms with Crippen LogP contribution in [-0.4, -0.2) is 33.6 Å². The number of amides is 2. The largest absolute Gasteiger partial charge is 0.353 e. The van der Waals surface area contributed by atoms with Gasteiger partial charge in [-0.2, -0.15) is 0 Å². The molecule has 3 N–H and O–H groups in total. The summed E-state index contributed by atoms with van der Waals surface area (Å²) in [6.45, 7) is 0. The van der Waals surface area contributed by atoms with Crippen molar-refractivity contribution in [2.45, 2.75) is 30.5 Å². The van der Waals surface area contributed by atoms with Crippen molar-refractivity contribution in [2.75, 3.05) is 11.1 Å². The minimum atomic E-state index is -0.369. The fourth-order valence-corrected chi connectivity index (χ4v) is 3.21. The van der Waals surface area contributed by atoms with Crippen LogP contribution in [0.5, 0.6) is 0 Å². The van der Waals surface area contributed by atoms with Gasteiger partial charge in [-0.05, 0) is 31.0 Å². The number of carbonyl (C=O) groups excluding carboxylic acids is 2. The van der Waals surface area contributed by atoms with E-state index in [0.717, 1.165) is 24.6 Å². The molecule has 1 saturated carbocycles. The number of benzene rings is 1. The van der Waals surface area contributed by atoms with Gasteiger partial charge in [0.1, 0.15) is 0 Å². The van der Waals surface area contributed by atoms with Gasteiger partial charge in [0.2, 0.25) is 11.8 Å². The topological polar surface area (TPSA) is 104 Å². The number of anilines is 1. The maximum Gasteiger partial charge on any atom is 0.251 e. The van der Waals surface area contributed by atoms with Crippen molar-refractivity contribution in [3.63, 3.8) is 0 Å². The highest BCUT2D eigenvalue weighted by Gasteiger charge is 2.23. The second-order valence-electron chi connectivity index (χ2n) is 6.03. The van der Waals surface area contributed by atoms with Crippen molar-refractivity contribution < 1.29 is 9.59 Å². The van der Waals surface area contributed by atoms with Crippen LogP contribution in [0.15, 0.2) is 34.2 Å². The second kappa shape index (κ2) is 8.77. The first-order chi connectivity index (χ1) is 12.9. The van der Waals surface area contributed by atoms with Gasteiger partial charge in [-0.25, -0.2) is 4.98 Å². The first kappa shape index (κ1) is 19.7. The lowest BCUT2D eigenvalue weighted by atomic mass is 10.3. The van der Waals surface area contributed by atoms with Crippen molar-refractivity contribution >= 4 is 52.5 Å². The smallest absolute Gasteiger partial charge is 0.251 e.